The maximum atomic E-state index is 10.9. The zero-order chi connectivity index (χ0) is 17.2. The van der Waals surface area contributed by atoms with Crippen LogP contribution in [0.15, 0.2) is 40.3 Å². The lowest BCUT2D eigenvalue weighted by molar-refractivity contribution is 0.0566. The topological polar surface area (TPSA) is 94.6 Å². The van der Waals surface area contributed by atoms with Gasteiger partial charge in [-0.2, -0.15) is 0 Å². The van der Waals surface area contributed by atoms with E-state index in [4.69, 9.17) is 14.7 Å². The monoisotopic (exact) mass is 336 g/mol. The zero-order valence-electron chi connectivity index (χ0n) is 13.4. The average Bonchev–Trinajstić information content (AvgIpc) is 2.96. The molecule has 0 radical (unpaired) electrons. The van der Waals surface area contributed by atoms with Crippen molar-refractivity contribution < 1.29 is 20.1 Å². The minimum absolute atomic E-state index is 0.0182. The standard InChI is InChI=1S/C19H16N2O4/c22-13-3-1-2-10-14(13)18(24)15-11(17(10)23)4-5-12-16(15)21-19(20-12)6-8-25-9-7-19/h1-5,22-24H,6-9H2. The van der Waals surface area contributed by atoms with E-state index in [1.165, 1.54) is 6.07 Å². The number of phenolic OH excluding ortho intramolecular Hbond substituents is 3. The molecule has 25 heavy (non-hydrogen) atoms. The Hall–Kier alpha value is -2.86. The highest BCUT2D eigenvalue weighted by atomic mass is 16.5. The maximum absolute atomic E-state index is 10.9. The number of aromatic hydroxyl groups is 3. The van der Waals surface area contributed by atoms with Crippen molar-refractivity contribution in [3.05, 3.63) is 41.0 Å². The summed E-state index contributed by atoms with van der Waals surface area (Å²) >= 11 is 0. The highest BCUT2D eigenvalue weighted by molar-refractivity contribution is 6.12. The molecule has 0 aromatic heterocycles. The van der Waals surface area contributed by atoms with Crippen LogP contribution in [-0.2, 0) is 4.74 Å². The number of benzene rings is 3. The van der Waals surface area contributed by atoms with Crippen LogP contribution in [0.5, 0.6) is 17.2 Å². The molecule has 0 unspecified atom stereocenters. The van der Waals surface area contributed by atoms with Crippen LogP contribution in [0.1, 0.15) is 12.8 Å². The van der Waals surface area contributed by atoms with Gasteiger partial charge in [-0.05, 0) is 18.2 Å². The molecule has 0 saturated carbocycles. The molecule has 2 aliphatic rings. The molecule has 0 atom stereocenters. The molecule has 3 aromatic rings. The second-order valence-electron chi connectivity index (χ2n) is 6.57. The zero-order valence-corrected chi connectivity index (χ0v) is 13.4. The van der Waals surface area contributed by atoms with Crippen LogP contribution in [0.4, 0.5) is 0 Å². The summed E-state index contributed by atoms with van der Waals surface area (Å²) in [6.45, 7) is 1.19. The summed E-state index contributed by atoms with van der Waals surface area (Å²) in [5.74, 6) is -0.147. The fraction of sp³-hybridized carbons (Fsp3) is 0.263. The second kappa shape index (κ2) is 4.83. The molecular formula is C19H16N2O4. The van der Waals surface area contributed by atoms with Crippen molar-refractivity contribution in [2.45, 2.75) is 18.5 Å². The summed E-state index contributed by atoms with van der Waals surface area (Å²) in [4.78, 5) is 9.57. The van der Waals surface area contributed by atoms with Crippen molar-refractivity contribution in [3.8, 4) is 17.2 Å². The van der Waals surface area contributed by atoms with Crippen molar-refractivity contribution >= 4 is 21.5 Å². The average molecular weight is 336 g/mol. The van der Waals surface area contributed by atoms with Crippen LogP contribution >= 0.6 is 0 Å². The number of rotatable bonds is 0. The first kappa shape index (κ1) is 14.5. The summed E-state index contributed by atoms with van der Waals surface area (Å²) in [5, 5.41) is 34.5. The van der Waals surface area contributed by atoms with Gasteiger partial charge in [-0.15, -0.1) is 0 Å². The molecule has 3 N–H and O–H groups in total. The van der Waals surface area contributed by atoms with Gasteiger partial charge in [-0.25, -0.2) is 0 Å². The lowest BCUT2D eigenvalue weighted by atomic mass is 9.99. The highest BCUT2D eigenvalue weighted by Gasteiger charge is 2.34. The van der Waals surface area contributed by atoms with E-state index in [1.807, 2.05) is 6.07 Å². The Morgan fingerprint density at radius 1 is 0.840 bits per heavy atom. The number of ether oxygens (including phenoxy) is 1. The SMILES string of the molecule is Oc1c2cccc(O)c2c(O)c2c3c(ccc12)=NC1(CCOCC1)N=3. The molecule has 3 aromatic carbocycles. The van der Waals surface area contributed by atoms with Crippen molar-refractivity contribution in [1.29, 1.82) is 0 Å². The third-order valence-corrected chi connectivity index (χ3v) is 5.12. The lowest BCUT2D eigenvalue weighted by Gasteiger charge is -2.27. The van der Waals surface area contributed by atoms with Gasteiger partial charge in [-0.1, -0.05) is 12.1 Å². The summed E-state index contributed by atoms with van der Waals surface area (Å²) in [7, 11) is 0. The molecule has 6 nitrogen and oxygen atoms in total. The van der Waals surface area contributed by atoms with E-state index in [0.29, 0.717) is 52.9 Å². The Morgan fingerprint density at radius 3 is 2.40 bits per heavy atom. The fourth-order valence-corrected chi connectivity index (χ4v) is 3.86. The summed E-state index contributed by atoms with van der Waals surface area (Å²) in [6.07, 6.45) is 1.38. The molecule has 0 aliphatic carbocycles. The first-order chi connectivity index (χ1) is 12.1. The quantitative estimate of drug-likeness (QED) is 0.431. The van der Waals surface area contributed by atoms with Crippen LogP contribution in [0.2, 0.25) is 0 Å². The molecule has 126 valence electrons. The van der Waals surface area contributed by atoms with Crippen LogP contribution in [0.3, 0.4) is 0 Å². The number of hydrogen-bond acceptors (Lipinski definition) is 6. The van der Waals surface area contributed by atoms with E-state index >= 15 is 0 Å². The number of hydrogen-bond donors (Lipinski definition) is 3. The molecule has 5 rings (SSSR count). The summed E-state index contributed by atoms with van der Waals surface area (Å²) in [6, 6.07) is 8.34. The van der Waals surface area contributed by atoms with E-state index in [0.717, 1.165) is 0 Å². The molecule has 2 aliphatic heterocycles. The molecule has 6 heteroatoms. The molecular weight excluding hydrogens is 320 g/mol. The van der Waals surface area contributed by atoms with Gasteiger partial charge in [-0.3, -0.25) is 9.98 Å². The molecule has 1 saturated heterocycles. The second-order valence-corrected chi connectivity index (χ2v) is 6.57. The molecule has 2 heterocycles. The molecule has 1 spiro atoms. The van der Waals surface area contributed by atoms with E-state index < -0.39 is 5.66 Å². The van der Waals surface area contributed by atoms with Crippen LogP contribution < -0.4 is 10.7 Å². The normalized spacial score (nSPS) is 18.2. The van der Waals surface area contributed by atoms with Crippen LogP contribution in [0, 0.1) is 0 Å². The fourth-order valence-electron chi connectivity index (χ4n) is 3.86. The van der Waals surface area contributed by atoms with Gasteiger partial charge < -0.3 is 20.1 Å². The first-order valence-corrected chi connectivity index (χ1v) is 8.25. The van der Waals surface area contributed by atoms with Crippen molar-refractivity contribution in [1.82, 2.24) is 0 Å². The predicted molar refractivity (Wildman–Crippen MR) is 91.5 cm³/mol. The van der Waals surface area contributed by atoms with E-state index in [9.17, 15) is 15.3 Å². The summed E-state index contributed by atoms with van der Waals surface area (Å²) in [5.41, 5.74) is -0.551. The van der Waals surface area contributed by atoms with Gasteiger partial charge in [0.1, 0.15) is 17.2 Å². The molecule has 0 amide bonds. The largest absolute Gasteiger partial charge is 0.507 e. The van der Waals surface area contributed by atoms with E-state index in [-0.39, 0.29) is 22.6 Å². The minimum Gasteiger partial charge on any atom is -0.507 e. The van der Waals surface area contributed by atoms with Gasteiger partial charge in [0, 0.05) is 23.6 Å². The van der Waals surface area contributed by atoms with Crippen LogP contribution in [0.25, 0.3) is 21.5 Å². The Kier molecular flexibility index (Phi) is 2.80. The Balaban J connectivity index is 1.95. The van der Waals surface area contributed by atoms with Crippen LogP contribution in [-0.4, -0.2) is 34.2 Å². The number of fused-ring (bicyclic) bond motifs is 4. The minimum atomic E-state index is -0.551. The van der Waals surface area contributed by atoms with E-state index in [2.05, 4.69) is 0 Å². The van der Waals surface area contributed by atoms with Crippen molar-refractivity contribution in [2.75, 3.05) is 13.2 Å². The number of phenols is 3. The Bertz CT molecular complexity index is 1160. The Morgan fingerprint density at radius 2 is 1.60 bits per heavy atom. The van der Waals surface area contributed by atoms with E-state index in [1.54, 1.807) is 18.2 Å². The summed E-state index contributed by atoms with van der Waals surface area (Å²) < 4.78 is 5.42. The molecule has 0 bridgehead atoms. The van der Waals surface area contributed by atoms with Gasteiger partial charge in [0.25, 0.3) is 0 Å². The highest BCUT2D eigenvalue weighted by Crippen LogP contribution is 2.43. The third-order valence-electron chi connectivity index (χ3n) is 5.12. The molecule has 1 fully saturated rings. The van der Waals surface area contributed by atoms with Gasteiger partial charge in [0.2, 0.25) is 0 Å². The van der Waals surface area contributed by atoms with Crippen molar-refractivity contribution in [2.24, 2.45) is 9.98 Å². The predicted octanol–water partition coefficient (Wildman–Crippen LogP) is 1.87. The number of nitrogens with zero attached hydrogens (tertiary/aromatic N) is 2. The van der Waals surface area contributed by atoms with Gasteiger partial charge in [0.15, 0.2) is 5.66 Å². The van der Waals surface area contributed by atoms with Gasteiger partial charge in [0.05, 0.1) is 34.7 Å². The van der Waals surface area contributed by atoms with Crippen molar-refractivity contribution in [3.63, 3.8) is 0 Å². The van der Waals surface area contributed by atoms with Gasteiger partial charge >= 0.3 is 0 Å². The lowest BCUT2D eigenvalue weighted by Crippen LogP contribution is -2.31. The Labute approximate surface area is 142 Å². The third kappa shape index (κ3) is 1.88. The smallest absolute Gasteiger partial charge is 0.156 e. The maximum Gasteiger partial charge on any atom is 0.156 e. The first-order valence-electron chi connectivity index (χ1n) is 8.25.